The number of benzene rings is 1. The van der Waals surface area contributed by atoms with Crippen LogP contribution in [0.5, 0.6) is 0 Å². The highest BCUT2D eigenvalue weighted by Crippen LogP contribution is 2.40. The molecule has 0 fully saturated rings. The lowest BCUT2D eigenvalue weighted by atomic mass is 10.0. The van der Waals surface area contributed by atoms with Crippen molar-refractivity contribution >= 4 is 52.4 Å². The van der Waals surface area contributed by atoms with Gasteiger partial charge in [0.1, 0.15) is 0 Å². The van der Waals surface area contributed by atoms with Crippen LogP contribution in [0, 0.1) is 0 Å². The molecule has 0 saturated carbocycles. The first-order valence-electron chi connectivity index (χ1n) is 5.40. The summed E-state index contributed by atoms with van der Waals surface area (Å²) in [5.74, 6) is -1.02. The third-order valence-electron chi connectivity index (χ3n) is 2.57. The van der Waals surface area contributed by atoms with Gasteiger partial charge in [0.25, 0.3) is 0 Å². The lowest BCUT2D eigenvalue weighted by Gasteiger charge is -2.12. The Morgan fingerprint density at radius 3 is 2.45 bits per heavy atom. The molecule has 0 spiro atoms. The van der Waals surface area contributed by atoms with Crippen LogP contribution in [0.25, 0.3) is 11.1 Å². The molecule has 0 radical (unpaired) electrons. The first kappa shape index (κ1) is 15.4. The number of aromatic nitrogens is 1. The number of carbonyl (C=O) groups is 1. The smallest absolute Gasteiger partial charge is 0.309 e. The summed E-state index contributed by atoms with van der Waals surface area (Å²) in [5, 5.41) is 10.2. The quantitative estimate of drug-likeness (QED) is 0.793. The van der Waals surface area contributed by atoms with Gasteiger partial charge in [0.15, 0.2) is 0 Å². The zero-order valence-corrected chi connectivity index (χ0v) is 12.9. The molecule has 1 N–H and O–H groups in total. The summed E-state index contributed by atoms with van der Waals surface area (Å²) in [7, 11) is 0. The van der Waals surface area contributed by atoms with Crippen LogP contribution in [-0.2, 0) is 11.2 Å². The first-order chi connectivity index (χ1) is 9.40. The molecule has 1 aromatic carbocycles. The summed E-state index contributed by atoms with van der Waals surface area (Å²) in [6.07, 6.45) is 1.10. The summed E-state index contributed by atoms with van der Waals surface area (Å²) in [6.45, 7) is 0. The molecule has 0 saturated heterocycles. The van der Waals surface area contributed by atoms with Crippen LogP contribution in [0.4, 0.5) is 0 Å². The van der Waals surface area contributed by atoms with Gasteiger partial charge in [-0.3, -0.25) is 9.78 Å². The molecule has 0 atom stereocenters. The Morgan fingerprint density at radius 1 is 1.15 bits per heavy atom. The number of hydrogen-bond acceptors (Lipinski definition) is 2. The molecule has 0 aliphatic rings. The van der Waals surface area contributed by atoms with Crippen molar-refractivity contribution in [2.75, 3.05) is 0 Å². The highest BCUT2D eigenvalue weighted by Gasteiger charge is 2.18. The van der Waals surface area contributed by atoms with Crippen molar-refractivity contribution in [1.82, 2.24) is 4.98 Å². The van der Waals surface area contributed by atoms with Crippen molar-refractivity contribution in [3.63, 3.8) is 0 Å². The van der Waals surface area contributed by atoms with Gasteiger partial charge in [-0.25, -0.2) is 0 Å². The van der Waals surface area contributed by atoms with E-state index in [1.165, 1.54) is 6.20 Å². The number of aliphatic carboxylic acids is 1. The van der Waals surface area contributed by atoms with Crippen LogP contribution >= 0.6 is 46.4 Å². The fourth-order valence-corrected chi connectivity index (χ4v) is 2.63. The van der Waals surface area contributed by atoms with E-state index >= 15 is 0 Å². The lowest BCUT2D eigenvalue weighted by Crippen LogP contribution is -2.04. The van der Waals surface area contributed by atoms with Crippen LogP contribution in [-0.4, -0.2) is 16.1 Å². The van der Waals surface area contributed by atoms with Crippen LogP contribution in [0.15, 0.2) is 24.4 Å². The van der Waals surface area contributed by atoms with Crippen molar-refractivity contribution in [2.45, 2.75) is 6.42 Å². The van der Waals surface area contributed by atoms with Gasteiger partial charge < -0.3 is 5.11 Å². The van der Waals surface area contributed by atoms with E-state index in [0.717, 1.165) is 0 Å². The summed E-state index contributed by atoms with van der Waals surface area (Å²) >= 11 is 24.2. The molecular formula is C13H7Cl4NO2. The zero-order valence-electron chi connectivity index (χ0n) is 9.83. The second-order valence-corrected chi connectivity index (χ2v) is 5.57. The SMILES string of the molecule is O=C(O)Cc1ncc(Cl)cc1-c1c(Cl)ccc(Cl)c1Cl. The molecule has 104 valence electrons. The average molecular weight is 351 g/mol. The summed E-state index contributed by atoms with van der Waals surface area (Å²) in [6, 6.07) is 4.71. The van der Waals surface area contributed by atoms with E-state index in [4.69, 9.17) is 51.5 Å². The molecule has 1 aromatic heterocycles. The van der Waals surface area contributed by atoms with E-state index in [2.05, 4.69) is 4.98 Å². The van der Waals surface area contributed by atoms with Crippen LogP contribution < -0.4 is 0 Å². The van der Waals surface area contributed by atoms with Crippen molar-refractivity contribution in [3.8, 4) is 11.1 Å². The molecule has 0 aliphatic carbocycles. The van der Waals surface area contributed by atoms with Gasteiger partial charge in [-0.15, -0.1) is 0 Å². The minimum atomic E-state index is -1.02. The van der Waals surface area contributed by atoms with Crippen molar-refractivity contribution in [2.24, 2.45) is 0 Å². The Hall–Kier alpha value is -1.000. The second kappa shape index (κ2) is 6.19. The minimum Gasteiger partial charge on any atom is -0.481 e. The molecule has 2 aromatic rings. The molecule has 3 nitrogen and oxygen atoms in total. The van der Waals surface area contributed by atoms with E-state index < -0.39 is 5.97 Å². The number of pyridine rings is 1. The largest absolute Gasteiger partial charge is 0.481 e. The molecule has 2 rings (SSSR count). The maximum absolute atomic E-state index is 10.9. The number of hydrogen-bond donors (Lipinski definition) is 1. The number of nitrogens with zero attached hydrogens (tertiary/aromatic N) is 1. The fraction of sp³-hybridized carbons (Fsp3) is 0.0769. The van der Waals surface area contributed by atoms with E-state index in [1.807, 2.05) is 0 Å². The van der Waals surface area contributed by atoms with E-state index in [1.54, 1.807) is 18.2 Å². The number of rotatable bonds is 3. The standard InChI is InChI=1S/C13H7Cl4NO2/c14-6-3-7(10(18-5-6)4-11(19)20)12-8(15)1-2-9(16)13(12)17/h1-3,5H,4H2,(H,19,20). The monoisotopic (exact) mass is 349 g/mol. The molecule has 0 amide bonds. The van der Waals surface area contributed by atoms with Gasteiger partial charge in [-0.2, -0.15) is 0 Å². The Balaban J connectivity index is 2.71. The van der Waals surface area contributed by atoms with Gasteiger partial charge in [0, 0.05) is 17.3 Å². The summed E-state index contributed by atoms with van der Waals surface area (Å²) in [5.41, 5.74) is 1.19. The van der Waals surface area contributed by atoms with Crippen LogP contribution in [0.2, 0.25) is 20.1 Å². The Morgan fingerprint density at radius 2 is 1.80 bits per heavy atom. The maximum atomic E-state index is 10.9. The summed E-state index contributed by atoms with van der Waals surface area (Å²) in [4.78, 5) is 14.9. The highest BCUT2D eigenvalue weighted by molar-refractivity contribution is 6.46. The molecule has 1 heterocycles. The normalized spacial score (nSPS) is 10.6. The van der Waals surface area contributed by atoms with Crippen molar-refractivity contribution < 1.29 is 9.90 Å². The number of carboxylic acids is 1. The zero-order chi connectivity index (χ0) is 14.9. The first-order valence-corrected chi connectivity index (χ1v) is 6.91. The second-order valence-electron chi connectivity index (χ2n) is 3.94. The van der Waals surface area contributed by atoms with E-state index in [9.17, 15) is 4.79 Å². The third kappa shape index (κ3) is 3.18. The maximum Gasteiger partial charge on any atom is 0.309 e. The Labute approximate surface area is 135 Å². The van der Waals surface area contributed by atoms with E-state index in [-0.39, 0.29) is 11.4 Å². The Kier molecular flexibility index (Phi) is 4.76. The molecule has 0 bridgehead atoms. The molecule has 20 heavy (non-hydrogen) atoms. The molecule has 7 heteroatoms. The van der Waals surface area contributed by atoms with Crippen LogP contribution in [0.1, 0.15) is 5.69 Å². The Bertz CT molecular complexity index is 688. The topological polar surface area (TPSA) is 50.2 Å². The average Bonchev–Trinajstić information content (AvgIpc) is 2.37. The van der Waals surface area contributed by atoms with Crippen LogP contribution in [0.3, 0.4) is 0 Å². The predicted octanol–water partition coefficient (Wildman–Crippen LogP) is 4.99. The molecule has 0 aliphatic heterocycles. The van der Waals surface area contributed by atoms with Gasteiger partial charge in [-0.1, -0.05) is 46.4 Å². The fourth-order valence-electron chi connectivity index (χ4n) is 1.74. The van der Waals surface area contributed by atoms with Gasteiger partial charge in [0.05, 0.1) is 32.2 Å². The third-order valence-corrected chi connectivity index (χ3v) is 3.89. The highest BCUT2D eigenvalue weighted by atomic mass is 35.5. The lowest BCUT2D eigenvalue weighted by molar-refractivity contribution is -0.136. The summed E-state index contributed by atoms with van der Waals surface area (Å²) < 4.78 is 0. The van der Waals surface area contributed by atoms with Gasteiger partial charge >= 0.3 is 5.97 Å². The molecular weight excluding hydrogens is 344 g/mol. The van der Waals surface area contributed by atoms with E-state index in [0.29, 0.717) is 31.9 Å². The predicted molar refractivity (Wildman–Crippen MR) is 81.1 cm³/mol. The number of halogens is 4. The van der Waals surface area contributed by atoms with Gasteiger partial charge in [-0.05, 0) is 18.2 Å². The molecule has 0 unspecified atom stereocenters. The van der Waals surface area contributed by atoms with Crippen molar-refractivity contribution in [1.29, 1.82) is 0 Å². The minimum absolute atomic E-state index is 0.231. The van der Waals surface area contributed by atoms with Gasteiger partial charge in [0.2, 0.25) is 0 Å². The number of carboxylic acid groups (broad SMARTS) is 1. The van der Waals surface area contributed by atoms with Crippen molar-refractivity contribution in [3.05, 3.63) is 50.2 Å².